The predicted octanol–water partition coefficient (Wildman–Crippen LogP) is 2.92. The Labute approximate surface area is 126 Å². The Hall–Kier alpha value is -1.06. The van der Waals surface area contributed by atoms with Gasteiger partial charge in [-0.1, -0.05) is 26.2 Å². The predicted molar refractivity (Wildman–Crippen MR) is 79.7 cm³/mol. The molecule has 2 aliphatic carbocycles. The van der Waals surface area contributed by atoms with Gasteiger partial charge in [0.05, 0.1) is 11.8 Å². The molecule has 3 aliphatic rings. The molecule has 1 amide bonds. The zero-order valence-corrected chi connectivity index (χ0v) is 13.0. The molecule has 1 N–H and O–H groups in total. The largest absolute Gasteiger partial charge is 0.481 e. The van der Waals surface area contributed by atoms with Gasteiger partial charge in [0, 0.05) is 13.1 Å². The minimum absolute atomic E-state index is 0.116. The zero-order chi connectivity index (χ0) is 15.0. The molecule has 1 saturated heterocycles. The smallest absolute Gasteiger partial charge is 0.307 e. The summed E-state index contributed by atoms with van der Waals surface area (Å²) in [4.78, 5) is 25.9. The van der Waals surface area contributed by atoms with E-state index in [1.54, 1.807) is 0 Å². The normalized spacial score (nSPS) is 35.3. The van der Waals surface area contributed by atoms with E-state index in [1.165, 1.54) is 32.1 Å². The Kier molecular flexibility index (Phi) is 3.98. The maximum atomic E-state index is 12.7. The summed E-state index contributed by atoms with van der Waals surface area (Å²) < 4.78 is 0. The van der Waals surface area contributed by atoms with Crippen LogP contribution in [-0.4, -0.2) is 35.0 Å². The van der Waals surface area contributed by atoms with E-state index in [-0.39, 0.29) is 11.8 Å². The molecule has 3 atom stereocenters. The number of likely N-dealkylation sites (tertiary alicyclic amines) is 1. The van der Waals surface area contributed by atoms with Gasteiger partial charge in [0.25, 0.3) is 0 Å². The molecule has 0 aromatic rings. The topological polar surface area (TPSA) is 57.6 Å². The van der Waals surface area contributed by atoms with Crippen LogP contribution in [0.5, 0.6) is 0 Å². The first-order valence-corrected chi connectivity index (χ1v) is 8.55. The molecule has 0 bridgehead atoms. The molecule has 118 valence electrons. The maximum Gasteiger partial charge on any atom is 0.307 e. The maximum absolute atomic E-state index is 12.7. The van der Waals surface area contributed by atoms with E-state index in [0.717, 1.165) is 25.9 Å². The third-order valence-corrected chi connectivity index (χ3v) is 6.45. The number of amides is 1. The summed E-state index contributed by atoms with van der Waals surface area (Å²) in [5.41, 5.74) is 0.314. The molecule has 1 spiro atoms. The van der Waals surface area contributed by atoms with Crippen molar-refractivity contribution in [3.8, 4) is 0 Å². The number of rotatable bonds is 2. The summed E-state index contributed by atoms with van der Waals surface area (Å²) in [5.74, 6) is -0.669. The Morgan fingerprint density at radius 2 is 1.71 bits per heavy atom. The lowest BCUT2D eigenvalue weighted by Crippen LogP contribution is -2.54. The van der Waals surface area contributed by atoms with Crippen molar-refractivity contribution in [2.24, 2.45) is 23.2 Å². The summed E-state index contributed by atoms with van der Waals surface area (Å²) in [7, 11) is 0. The lowest BCUT2D eigenvalue weighted by atomic mass is 9.63. The third-order valence-electron chi connectivity index (χ3n) is 6.45. The molecule has 3 unspecified atom stereocenters. The van der Waals surface area contributed by atoms with Gasteiger partial charge in [0.2, 0.25) is 5.91 Å². The van der Waals surface area contributed by atoms with Crippen LogP contribution in [0.2, 0.25) is 0 Å². The van der Waals surface area contributed by atoms with Gasteiger partial charge in [0.15, 0.2) is 0 Å². The molecule has 0 aromatic heterocycles. The van der Waals surface area contributed by atoms with E-state index < -0.39 is 11.9 Å². The van der Waals surface area contributed by atoms with Crippen LogP contribution in [0, 0.1) is 23.2 Å². The Morgan fingerprint density at radius 1 is 1.05 bits per heavy atom. The monoisotopic (exact) mass is 293 g/mol. The third kappa shape index (κ3) is 2.58. The molecule has 1 aliphatic heterocycles. The SMILES string of the molecule is CC1CCN(C(=O)C2CCC2C(=O)O)CC12CCCCC2. The highest BCUT2D eigenvalue weighted by atomic mass is 16.4. The van der Waals surface area contributed by atoms with Crippen molar-refractivity contribution in [2.75, 3.05) is 13.1 Å². The second-order valence-electron chi connectivity index (χ2n) is 7.50. The highest BCUT2D eigenvalue weighted by molar-refractivity contribution is 5.86. The van der Waals surface area contributed by atoms with Crippen LogP contribution in [0.15, 0.2) is 0 Å². The molecule has 3 fully saturated rings. The highest BCUT2D eigenvalue weighted by Crippen LogP contribution is 2.47. The van der Waals surface area contributed by atoms with E-state index in [4.69, 9.17) is 5.11 Å². The van der Waals surface area contributed by atoms with Gasteiger partial charge in [-0.15, -0.1) is 0 Å². The lowest BCUT2D eigenvalue weighted by molar-refractivity contribution is -0.159. The van der Waals surface area contributed by atoms with Gasteiger partial charge in [0.1, 0.15) is 0 Å². The summed E-state index contributed by atoms with van der Waals surface area (Å²) in [5, 5.41) is 9.16. The van der Waals surface area contributed by atoms with Gasteiger partial charge in [-0.25, -0.2) is 0 Å². The Balaban J connectivity index is 1.68. The Morgan fingerprint density at radius 3 is 2.29 bits per heavy atom. The average Bonchev–Trinajstić information content (AvgIpc) is 2.41. The van der Waals surface area contributed by atoms with Gasteiger partial charge in [-0.05, 0) is 43.4 Å². The molecule has 4 heteroatoms. The van der Waals surface area contributed by atoms with Crippen molar-refractivity contribution in [3.05, 3.63) is 0 Å². The fourth-order valence-corrected chi connectivity index (χ4v) is 4.69. The molecule has 1 heterocycles. The number of nitrogens with zero attached hydrogens (tertiary/aromatic N) is 1. The highest BCUT2D eigenvalue weighted by Gasteiger charge is 2.47. The van der Waals surface area contributed by atoms with Crippen molar-refractivity contribution >= 4 is 11.9 Å². The van der Waals surface area contributed by atoms with Crippen LogP contribution in [0.25, 0.3) is 0 Å². The number of hydrogen-bond acceptors (Lipinski definition) is 2. The number of hydrogen-bond donors (Lipinski definition) is 1. The first kappa shape index (κ1) is 14.9. The van der Waals surface area contributed by atoms with Crippen molar-refractivity contribution in [2.45, 2.75) is 58.3 Å². The molecule has 21 heavy (non-hydrogen) atoms. The van der Waals surface area contributed by atoms with Crippen molar-refractivity contribution in [3.63, 3.8) is 0 Å². The standard InChI is InChI=1S/C17H27NO3/c1-12-7-10-18(11-17(12)8-3-2-4-9-17)15(19)13-5-6-14(13)16(20)21/h12-14H,2-11H2,1H3,(H,20,21). The second kappa shape index (κ2) is 5.62. The molecular weight excluding hydrogens is 266 g/mol. The average molecular weight is 293 g/mol. The van der Waals surface area contributed by atoms with Crippen LogP contribution in [-0.2, 0) is 9.59 Å². The van der Waals surface area contributed by atoms with Crippen molar-refractivity contribution in [1.29, 1.82) is 0 Å². The summed E-state index contributed by atoms with van der Waals surface area (Å²) >= 11 is 0. The van der Waals surface area contributed by atoms with Gasteiger partial charge >= 0.3 is 5.97 Å². The van der Waals surface area contributed by atoms with Gasteiger partial charge in [-0.3, -0.25) is 9.59 Å². The summed E-state index contributed by atoms with van der Waals surface area (Å²) in [6.45, 7) is 4.04. The fraction of sp³-hybridized carbons (Fsp3) is 0.882. The lowest BCUT2D eigenvalue weighted by Gasteiger charge is -2.51. The van der Waals surface area contributed by atoms with Crippen LogP contribution < -0.4 is 0 Å². The number of piperidine rings is 1. The first-order valence-electron chi connectivity index (χ1n) is 8.55. The van der Waals surface area contributed by atoms with E-state index in [9.17, 15) is 9.59 Å². The van der Waals surface area contributed by atoms with Crippen LogP contribution in [0.3, 0.4) is 0 Å². The van der Waals surface area contributed by atoms with Gasteiger partial charge in [-0.2, -0.15) is 0 Å². The Bertz CT molecular complexity index is 428. The number of carboxylic acids is 1. The molecule has 3 rings (SSSR count). The van der Waals surface area contributed by atoms with Crippen molar-refractivity contribution < 1.29 is 14.7 Å². The number of aliphatic carboxylic acids is 1. The minimum atomic E-state index is -0.794. The van der Waals surface area contributed by atoms with E-state index in [0.29, 0.717) is 17.8 Å². The van der Waals surface area contributed by atoms with E-state index >= 15 is 0 Å². The second-order valence-corrected chi connectivity index (χ2v) is 7.50. The zero-order valence-electron chi connectivity index (χ0n) is 13.0. The van der Waals surface area contributed by atoms with Crippen LogP contribution >= 0.6 is 0 Å². The summed E-state index contributed by atoms with van der Waals surface area (Å²) in [6.07, 6.45) is 8.88. The minimum Gasteiger partial charge on any atom is -0.481 e. The molecule has 0 aromatic carbocycles. The number of carbonyl (C=O) groups is 2. The van der Waals surface area contributed by atoms with E-state index in [2.05, 4.69) is 6.92 Å². The number of carbonyl (C=O) groups excluding carboxylic acids is 1. The van der Waals surface area contributed by atoms with Crippen molar-refractivity contribution in [1.82, 2.24) is 4.90 Å². The molecule has 4 nitrogen and oxygen atoms in total. The molecule has 0 radical (unpaired) electrons. The van der Waals surface area contributed by atoms with Crippen LogP contribution in [0.4, 0.5) is 0 Å². The number of carboxylic acid groups (broad SMARTS) is 1. The molecule has 2 saturated carbocycles. The fourth-order valence-electron chi connectivity index (χ4n) is 4.69. The first-order chi connectivity index (χ1) is 10.0. The quantitative estimate of drug-likeness (QED) is 0.851. The summed E-state index contributed by atoms with van der Waals surface area (Å²) in [6, 6.07) is 0. The van der Waals surface area contributed by atoms with Gasteiger partial charge < -0.3 is 10.0 Å². The molecular formula is C17H27NO3. The van der Waals surface area contributed by atoms with Crippen LogP contribution in [0.1, 0.15) is 58.3 Å². The van der Waals surface area contributed by atoms with E-state index in [1.807, 2.05) is 4.90 Å².